The van der Waals surface area contributed by atoms with E-state index in [0.29, 0.717) is 23.0 Å². The standard InChI is InChI=1S/C21H16ClF2N3O3/c1-4-18(28)15-7-17(11(2)8-25-15)27-12(3)5-19(20(22)21(27)29)30-10-16-14(24)6-13(23)9-26-16/h4-9H,1,10H2,2-3H3. The van der Waals surface area contributed by atoms with Gasteiger partial charge in [-0.2, -0.15) is 0 Å². The predicted octanol–water partition coefficient (Wildman–Crippen LogP) is 4.12. The molecule has 30 heavy (non-hydrogen) atoms. The molecule has 9 heteroatoms. The summed E-state index contributed by atoms with van der Waals surface area (Å²) in [4.78, 5) is 32.5. The molecule has 3 aromatic rings. The van der Waals surface area contributed by atoms with E-state index in [4.69, 9.17) is 16.3 Å². The fraction of sp³-hybridized carbons (Fsp3) is 0.143. The van der Waals surface area contributed by atoms with Gasteiger partial charge in [0.1, 0.15) is 34.6 Å². The summed E-state index contributed by atoms with van der Waals surface area (Å²) in [5, 5.41) is -0.240. The first-order chi connectivity index (χ1) is 14.2. The van der Waals surface area contributed by atoms with Crippen LogP contribution in [-0.2, 0) is 6.61 Å². The molecule has 0 fully saturated rings. The molecule has 3 rings (SSSR count). The lowest BCUT2D eigenvalue weighted by Crippen LogP contribution is -2.23. The van der Waals surface area contributed by atoms with Gasteiger partial charge in [-0.1, -0.05) is 18.2 Å². The smallest absolute Gasteiger partial charge is 0.277 e. The Labute approximate surface area is 175 Å². The summed E-state index contributed by atoms with van der Waals surface area (Å²) in [6.07, 6.45) is 3.46. The van der Waals surface area contributed by atoms with Crippen molar-refractivity contribution in [2.24, 2.45) is 0 Å². The largest absolute Gasteiger partial charge is 0.485 e. The Morgan fingerprint density at radius 1 is 1.23 bits per heavy atom. The molecule has 0 N–H and O–H groups in total. The second-order valence-electron chi connectivity index (χ2n) is 6.40. The van der Waals surface area contributed by atoms with Crippen molar-refractivity contribution in [2.45, 2.75) is 20.5 Å². The minimum atomic E-state index is -0.872. The summed E-state index contributed by atoms with van der Waals surface area (Å²) in [7, 11) is 0. The first-order valence-electron chi connectivity index (χ1n) is 8.71. The number of nitrogens with zero attached hydrogens (tertiary/aromatic N) is 3. The summed E-state index contributed by atoms with van der Waals surface area (Å²) in [5.41, 5.74) is 0.933. The van der Waals surface area contributed by atoms with Crippen LogP contribution in [-0.4, -0.2) is 20.3 Å². The minimum absolute atomic E-state index is 0.0232. The van der Waals surface area contributed by atoms with Crippen LogP contribution in [0.2, 0.25) is 5.02 Å². The highest BCUT2D eigenvalue weighted by atomic mass is 35.5. The average Bonchev–Trinajstić information content (AvgIpc) is 2.71. The number of ether oxygens (including phenoxy) is 1. The first-order valence-corrected chi connectivity index (χ1v) is 9.09. The lowest BCUT2D eigenvalue weighted by Gasteiger charge is -2.16. The second-order valence-corrected chi connectivity index (χ2v) is 6.78. The molecular formula is C21H16ClF2N3O3. The molecule has 0 aliphatic rings. The van der Waals surface area contributed by atoms with Crippen molar-refractivity contribution in [1.29, 1.82) is 0 Å². The minimum Gasteiger partial charge on any atom is -0.485 e. The molecule has 0 aliphatic carbocycles. The van der Waals surface area contributed by atoms with E-state index in [2.05, 4.69) is 16.5 Å². The summed E-state index contributed by atoms with van der Waals surface area (Å²) in [6.45, 7) is 6.47. The number of carbonyl (C=O) groups excluding carboxylic acids is 1. The number of hydrogen-bond donors (Lipinski definition) is 0. The van der Waals surface area contributed by atoms with E-state index in [9.17, 15) is 18.4 Å². The van der Waals surface area contributed by atoms with Crippen molar-refractivity contribution < 1.29 is 18.3 Å². The molecule has 0 saturated heterocycles. The Morgan fingerprint density at radius 3 is 2.63 bits per heavy atom. The molecular weight excluding hydrogens is 416 g/mol. The zero-order valence-corrected chi connectivity index (χ0v) is 16.8. The number of rotatable bonds is 6. The number of aryl methyl sites for hydroxylation is 2. The van der Waals surface area contributed by atoms with Gasteiger partial charge in [0.15, 0.2) is 5.82 Å². The lowest BCUT2D eigenvalue weighted by atomic mass is 10.1. The van der Waals surface area contributed by atoms with E-state index in [1.54, 1.807) is 13.8 Å². The third kappa shape index (κ3) is 4.13. The molecule has 3 heterocycles. The van der Waals surface area contributed by atoms with Crippen molar-refractivity contribution >= 4 is 17.4 Å². The van der Waals surface area contributed by atoms with Crippen molar-refractivity contribution in [3.8, 4) is 11.4 Å². The Hall–Kier alpha value is -3.39. The van der Waals surface area contributed by atoms with Crippen LogP contribution in [0.1, 0.15) is 27.4 Å². The highest BCUT2D eigenvalue weighted by Crippen LogP contribution is 2.25. The van der Waals surface area contributed by atoms with Crippen molar-refractivity contribution in [1.82, 2.24) is 14.5 Å². The van der Waals surface area contributed by atoms with Crippen LogP contribution in [0.3, 0.4) is 0 Å². The van der Waals surface area contributed by atoms with Gasteiger partial charge in [0.25, 0.3) is 5.56 Å². The maximum absolute atomic E-state index is 13.8. The third-order valence-electron chi connectivity index (χ3n) is 4.30. The quantitative estimate of drug-likeness (QED) is 0.433. The van der Waals surface area contributed by atoms with Gasteiger partial charge < -0.3 is 4.74 Å². The van der Waals surface area contributed by atoms with E-state index in [1.807, 2.05) is 0 Å². The Kier molecular flexibility index (Phi) is 6.07. The molecule has 0 radical (unpaired) electrons. The van der Waals surface area contributed by atoms with Gasteiger partial charge in [0, 0.05) is 24.0 Å². The molecule has 6 nitrogen and oxygen atoms in total. The van der Waals surface area contributed by atoms with Gasteiger partial charge in [-0.15, -0.1) is 0 Å². The fourth-order valence-electron chi connectivity index (χ4n) is 2.77. The number of carbonyl (C=O) groups is 1. The van der Waals surface area contributed by atoms with E-state index in [0.717, 1.165) is 12.3 Å². The van der Waals surface area contributed by atoms with Gasteiger partial charge >= 0.3 is 0 Å². The van der Waals surface area contributed by atoms with E-state index >= 15 is 0 Å². The summed E-state index contributed by atoms with van der Waals surface area (Å²) < 4.78 is 33.5. The number of halogens is 3. The lowest BCUT2D eigenvalue weighted by molar-refractivity contribution is 0.104. The molecule has 0 aliphatic heterocycles. The molecule has 0 spiro atoms. The Bertz CT molecular complexity index is 1220. The maximum atomic E-state index is 13.8. The van der Waals surface area contributed by atoms with Crippen molar-refractivity contribution in [3.05, 3.63) is 92.9 Å². The van der Waals surface area contributed by atoms with Crippen LogP contribution < -0.4 is 10.3 Å². The number of allylic oxidation sites excluding steroid dienone is 1. The summed E-state index contributed by atoms with van der Waals surface area (Å²) in [5.74, 6) is -2.05. The van der Waals surface area contributed by atoms with Gasteiger partial charge in [-0.05, 0) is 31.6 Å². The normalized spacial score (nSPS) is 10.7. The van der Waals surface area contributed by atoms with Crippen molar-refractivity contribution in [3.63, 3.8) is 0 Å². The first kappa shape index (κ1) is 21.3. The highest BCUT2D eigenvalue weighted by Gasteiger charge is 2.17. The van der Waals surface area contributed by atoms with E-state index in [-0.39, 0.29) is 34.6 Å². The molecule has 0 unspecified atom stereocenters. The molecule has 0 atom stereocenters. The highest BCUT2D eigenvalue weighted by molar-refractivity contribution is 6.31. The molecule has 0 bridgehead atoms. The van der Waals surface area contributed by atoms with Crippen LogP contribution in [0.5, 0.6) is 5.75 Å². The maximum Gasteiger partial charge on any atom is 0.277 e. The van der Waals surface area contributed by atoms with Crippen molar-refractivity contribution in [2.75, 3.05) is 0 Å². The zero-order chi connectivity index (χ0) is 22.0. The summed E-state index contributed by atoms with van der Waals surface area (Å²) >= 11 is 6.20. The van der Waals surface area contributed by atoms with E-state index in [1.165, 1.54) is 22.9 Å². The van der Waals surface area contributed by atoms with Crippen LogP contribution in [0.4, 0.5) is 8.78 Å². The fourth-order valence-corrected chi connectivity index (χ4v) is 2.97. The number of aromatic nitrogens is 3. The molecule has 154 valence electrons. The third-order valence-corrected chi connectivity index (χ3v) is 4.65. The van der Waals surface area contributed by atoms with Gasteiger partial charge in [-0.3, -0.25) is 24.1 Å². The van der Waals surface area contributed by atoms with E-state index < -0.39 is 17.2 Å². The Balaban J connectivity index is 2.00. The number of pyridine rings is 3. The topological polar surface area (TPSA) is 74.1 Å². The zero-order valence-electron chi connectivity index (χ0n) is 16.1. The SMILES string of the molecule is C=CC(=O)c1cc(-n2c(C)cc(OCc3ncc(F)cc3F)c(Cl)c2=O)c(C)cn1. The molecule has 0 amide bonds. The van der Waals surface area contributed by atoms with Crippen LogP contribution >= 0.6 is 11.6 Å². The van der Waals surface area contributed by atoms with Gasteiger partial charge in [-0.25, -0.2) is 8.78 Å². The molecule has 3 aromatic heterocycles. The second kappa shape index (κ2) is 8.54. The molecule has 0 aromatic carbocycles. The summed E-state index contributed by atoms with van der Waals surface area (Å²) in [6, 6.07) is 3.66. The van der Waals surface area contributed by atoms with Gasteiger partial charge in [0.05, 0.1) is 11.9 Å². The monoisotopic (exact) mass is 431 g/mol. The number of hydrogen-bond acceptors (Lipinski definition) is 5. The van der Waals surface area contributed by atoms with Crippen LogP contribution in [0.15, 0.2) is 48.0 Å². The molecule has 0 saturated carbocycles. The Morgan fingerprint density at radius 2 is 1.97 bits per heavy atom. The van der Waals surface area contributed by atoms with Crippen LogP contribution in [0, 0.1) is 25.5 Å². The predicted molar refractivity (Wildman–Crippen MR) is 107 cm³/mol. The van der Waals surface area contributed by atoms with Crippen LogP contribution in [0.25, 0.3) is 5.69 Å². The number of ketones is 1. The average molecular weight is 432 g/mol. The van der Waals surface area contributed by atoms with Gasteiger partial charge in [0.2, 0.25) is 5.78 Å².